The van der Waals surface area contributed by atoms with Crippen molar-refractivity contribution in [2.45, 2.75) is 46.7 Å². The van der Waals surface area contributed by atoms with Crippen LogP contribution < -0.4 is 9.62 Å². The molecular weight excluding hydrogens is 474 g/mol. The Morgan fingerprint density at radius 3 is 2.21 bits per heavy atom. The molecule has 0 aliphatic rings. The van der Waals surface area contributed by atoms with Crippen LogP contribution in [0.25, 0.3) is 0 Å². The summed E-state index contributed by atoms with van der Waals surface area (Å²) in [7, 11) is -3.76. The molecule has 1 unspecified atom stereocenters. The van der Waals surface area contributed by atoms with Gasteiger partial charge in [0.15, 0.2) is 0 Å². The molecule has 0 radical (unpaired) electrons. The number of aryl methyl sites for hydroxylation is 1. The third kappa shape index (κ3) is 7.74. The maximum Gasteiger partial charge on any atom is 0.244 e. The number of rotatable bonds is 11. The van der Waals surface area contributed by atoms with E-state index in [1.165, 1.54) is 4.90 Å². The minimum absolute atomic E-state index is 0.0810. The number of sulfonamides is 1. The fraction of sp³-hybridized carbons (Fsp3) is 0.440. The minimum Gasteiger partial charge on any atom is -0.354 e. The normalized spacial score (nSPS) is 12.3. The Hall–Kier alpha value is -2.58. The zero-order valence-electron chi connectivity index (χ0n) is 20.4. The van der Waals surface area contributed by atoms with Crippen molar-refractivity contribution < 1.29 is 18.0 Å². The van der Waals surface area contributed by atoms with Gasteiger partial charge in [0.1, 0.15) is 12.6 Å². The van der Waals surface area contributed by atoms with Gasteiger partial charge < -0.3 is 10.2 Å². The molecule has 0 fully saturated rings. The number of anilines is 1. The predicted molar refractivity (Wildman–Crippen MR) is 137 cm³/mol. The Labute approximate surface area is 208 Å². The van der Waals surface area contributed by atoms with Crippen LogP contribution in [0.3, 0.4) is 0 Å². The van der Waals surface area contributed by atoms with Crippen LogP contribution in [-0.2, 0) is 26.2 Å². The van der Waals surface area contributed by atoms with Crippen LogP contribution in [0.5, 0.6) is 0 Å². The topological polar surface area (TPSA) is 86.8 Å². The highest BCUT2D eigenvalue weighted by molar-refractivity contribution is 7.92. The van der Waals surface area contributed by atoms with Crippen molar-refractivity contribution in [3.05, 3.63) is 64.7 Å². The van der Waals surface area contributed by atoms with E-state index >= 15 is 0 Å². The lowest BCUT2D eigenvalue weighted by molar-refractivity contribution is -0.140. The maximum absolute atomic E-state index is 13.6. The lowest BCUT2D eigenvalue weighted by Gasteiger charge is -2.33. The fourth-order valence-electron chi connectivity index (χ4n) is 3.48. The van der Waals surface area contributed by atoms with Crippen LogP contribution in [-0.4, -0.2) is 50.5 Å². The number of nitrogens with one attached hydrogen (secondary N) is 1. The third-order valence-electron chi connectivity index (χ3n) is 5.37. The largest absolute Gasteiger partial charge is 0.354 e. The van der Waals surface area contributed by atoms with Crippen LogP contribution in [0.2, 0.25) is 5.02 Å². The van der Waals surface area contributed by atoms with E-state index in [0.717, 1.165) is 16.1 Å². The van der Waals surface area contributed by atoms with E-state index in [9.17, 15) is 18.0 Å². The van der Waals surface area contributed by atoms with Crippen LogP contribution >= 0.6 is 11.6 Å². The molecule has 0 bridgehead atoms. The molecule has 2 rings (SSSR count). The van der Waals surface area contributed by atoms with Gasteiger partial charge in [-0.05, 0) is 43.0 Å². The molecule has 34 heavy (non-hydrogen) atoms. The first kappa shape index (κ1) is 27.7. The first-order valence-electron chi connectivity index (χ1n) is 11.3. The third-order valence-corrected chi connectivity index (χ3v) is 6.88. The summed E-state index contributed by atoms with van der Waals surface area (Å²) in [5, 5.41) is 3.36. The number of benzene rings is 2. The molecule has 7 nitrogen and oxygen atoms in total. The van der Waals surface area contributed by atoms with Crippen molar-refractivity contribution in [2.24, 2.45) is 5.92 Å². The van der Waals surface area contributed by atoms with Gasteiger partial charge in [-0.2, -0.15) is 0 Å². The summed E-state index contributed by atoms with van der Waals surface area (Å²) in [6.45, 7) is 7.81. The van der Waals surface area contributed by atoms with Gasteiger partial charge in [-0.15, -0.1) is 0 Å². The molecule has 1 atom stereocenters. The van der Waals surface area contributed by atoms with E-state index in [4.69, 9.17) is 11.6 Å². The molecule has 1 N–H and O–H groups in total. The second kappa shape index (κ2) is 12.2. The minimum atomic E-state index is -3.76. The van der Waals surface area contributed by atoms with Crippen LogP contribution in [0, 0.1) is 12.8 Å². The molecule has 2 aromatic rings. The zero-order valence-corrected chi connectivity index (χ0v) is 22.0. The van der Waals surface area contributed by atoms with Gasteiger partial charge in [0, 0.05) is 18.1 Å². The van der Waals surface area contributed by atoms with Gasteiger partial charge in [0.2, 0.25) is 21.8 Å². The number of carbonyl (C=O) groups excluding carboxylic acids is 2. The highest BCUT2D eigenvalue weighted by Crippen LogP contribution is 2.22. The molecule has 2 aromatic carbocycles. The maximum atomic E-state index is 13.6. The Morgan fingerprint density at radius 2 is 1.68 bits per heavy atom. The standard InChI is InChI=1S/C25H34ClN3O4S/c1-6-23(25(31)27-15-18(2)3)28(16-20-9-7-8-10-22(20)26)24(30)17-29(34(5,32)33)21-13-11-19(4)12-14-21/h7-14,18,23H,6,15-17H2,1-5H3,(H,27,31). The molecule has 186 valence electrons. The lowest BCUT2D eigenvalue weighted by atomic mass is 10.1. The highest BCUT2D eigenvalue weighted by atomic mass is 35.5. The smallest absolute Gasteiger partial charge is 0.244 e. The van der Waals surface area contributed by atoms with Crippen molar-refractivity contribution in [2.75, 3.05) is 23.7 Å². The van der Waals surface area contributed by atoms with Crippen LogP contribution in [0.4, 0.5) is 5.69 Å². The monoisotopic (exact) mass is 507 g/mol. The van der Waals surface area contributed by atoms with E-state index < -0.39 is 28.5 Å². The first-order chi connectivity index (χ1) is 15.9. The fourth-order valence-corrected chi connectivity index (χ4v) is 4.52. The van der Waals surface area contributed by atoms with E-state index in [-0.39, 0.29) is 18.4 Å². The molecular formula is C25H34ClN3O4S. The van der Waals surface area contributed by atoms with Crippen LogP contribution in [0.1, 0.15) is 38.3 Å². The van der Waals surface area contributed by atoms with E-state index in [2.05, 4.69) is 5.32 Å². The van der Waals surface area contributed by atoms with Gasteiger partial charge in [-0.3, -0.25) is 13.9 Å². The van der Waals surface area contributed by atoms with Gasteiger partial charge in [0.25, 0.3) is 0 Å². The van der Waals surface area contributed by atoms with Gasteiger partial charge in [-0.25, -0.2) is 8.42 Å². The summed E-state index contributed by atoms with van der Waals surface area (Å²) in [6, 6.07) is 13.2. The molecule has 0 spiro atoms. The van der Waals surface area contributed by atoms with Crippen molar-refractivity contribution in [3.63, 3.8) is 0 Å². The Bertz CT molecular complexity index is 1090. The number of nitrogens with zero attached hydrogens (tertiary/aromatic N) is 2. The molecule has 0 saturated heterocycles. The summed E-state index contributed by atoms with van der Waals surface area (Å²) in [6.07, 6.45) is 1.43. The molecule has 0 heterocycles. The summed E-state index contributed by atoms with van der Waals surface area (Å²) in [5.74, 6) is -0.522. The second-order valence-corrected chi connectivity index (χ2v) is 11.1. The number of carbonyl (C=O) groups is 2. The average Bonchev–Trinajstić information content (AvgIpc) is 2.77. The van der Waals surface area contributed by atoms with Crippen molar-refractivity contribution in [1.29, 1.82) is 0 Å². The number of hydrogen-bond acceptors (Lipinski definition) is 4. The summed E-state index contributed by atoms with van der Waals surface area (Å²) >= 11 is 6.35. The Kier molecular flexibility index (Phi) is 9.94. The highest BCUT2D eigenvalue weighted by Gasteiger charge is 2.32. The zero-order chi connectivity index (χ0) is 25.5. The first-order valence-corrected chi connectivity index (χ1v) is 13.5. The SMILES string of the molecule is CCC(C(=O)NCC(C)C)N(Cc1ccccc1Cl)C(=O)CN(c1ccc(C)cc1)S(C)(=O)=O. The second-order valence-electron chi connectivity index (χ2n) is 8.78. The number of halogens is 1. The Morgan fingerprint density at radius 1 is 1.06 bits per heavy atom. The van der Waals surface area contributed by atoms with E-state index in [1.54, 1.807) is 48.5 Å². The van der Waals surface area contributed by atoms with Crippen LogP contribution in [0.15, 0.2) is 48.5 Å². The number of amides is 2. The summed E-state index contributed by atoms with van der Waals surface area (Å²) in [4.78, 5) is 28.0. The molecule has 0 aliphatic heterocycles. The quantitative estimate of drug-likeness (QED) is 0.498. The van der Waals surface area contributed by atoms with E-state index in [1.807, 2.05) is 27.7 Å². The number of hydrogen-bond donors (Lipinski definition) is 1. The molecule has 0 aromatic heterocycles. The molecule has 9 heteroatoms. The molecule has 0 saturated carbocycles. The van der Waals surface area contributed by atoms with Crippen molar-refractivity contribution >= 4 is 39.1 Å². The van der Waals surface area contributed by atoms with Gasteiger partial charge in [0.05, 0.1) is 11.9 Å². The average molecular weight is 508 g/mol. The summed E-state index contributed by atoms with van der Waals surface area (Å²) < 4.78 is 26.2. The summed E-state index contributed by atoms with van der Waals surface area (Å²) in [5.41, 5.74) is 2.03. The van der Waals surface area contributed by atoms with Gasteiger partial charge >= 0.3 is 0 Å². The molecule has 2 amide bonds. The van der Waals surface area contributed by atoms with Crippen molar-refractivity contribution in [3.8, 4) is 0 Å². The van der Waals surface area contributed by atoms with E-state index in [0.29, 0.717) is 29.2 Å². The lowest BCUT2D eigenvalue weighted by Crippen LogP contribution is -2.52. The molecule has 0 aliphatic carbocycles. The van der Waals surface area contributed by atoms with Crippen molar-refractivity contribution in [1.82, 2.24) is 10.2 Å². The van der Waals surface area contributed by atoms with Gasteiger partial charge in [-0.1, -0.05) is 68.3 Å². The predicted octanol–water partition coefficient (Wildman–Crippen LogP) is 3.99. The Balaban J connectivity index is 2.42.